The molecule has 1 heterocycles. The smallest absolute Gasteiger partial charge is 0.0602 e. The fourth-order valence-electron chi connectivity index (χ4n) is 2.80. The minimum atomic E-state index is 0.0586. The highest BCUT2D eigenvalue weighted by Gasteiger charge is 2.27. The first-order valence-electron chi connectivity index (χ1n) is 6.58. The third kappa shape index (κ3) is 2.23. The van der Waals surface area contributed by atoms with Crippen molar-refractivity contribution in [2.45, 2.75) is 18.5 Å². The van der Waals surface area contributed by atoms with Crippen LogP contribution in [0.5, 0.6) is 0 Å². The Labute approximate surface area is 113 Å². The van der Waals surface area contributed by atoms with Gasteiger partial charge in [0.25, 0.3) is 0 Å². The Balaban J connectivity index is 2.08. The average molecular weight is 254 g/mol. The zero-order chi connectivity index (χ0) is 13.2. The van der Waals surface area contributed by atoms with Crippen LogP contribution in [-0.2, 0) is 6.42 Å². The van der Waals surface area contributed by atoms with Gasteiger partial charge >= 0.3 is 0 Å². The maximum Gasteiger partial charge on any atom is 0.0602 e. The first-order chi connectivity index (χ1) is 9.29. The van der Waals surface area contributed by atoms with Gasteiger partial charge in [-0.15, -0.1) is 0 Å². The first-order valence-corrected chi connectivity index (χ1v) is 6.58. The third-order valence-electron chi connectivity index (χ3n) is 3.76. The normalized spacial score (nSPS) is 21.9. The van der Waals surface area contributed by atoms with Crippen LogP contribution in [0.2, 0.25) is 0 Å². The number of benzene rings is 2. The summed E-state index contributed by atoms with van der Waals surface area (Å²) in [4.78, 5) is 0. The molecule has 0 saturated carbocycles. The summed E-state index contributed by atoms with van der Waals surface area (Å²) in [5, 5.41) is 12.9. The van der Waals surface area contributed by atoms with E-state index in [1.54, 1.807) is 0 Å². The van der Waals surface area contributed by atoms with Crippen molar-refractivity contribution in [1.29, 1.82) is 0 Å². The number of aliphatic hydroxyl groups is 1. The van der Waals surface area contributed by atoms with E-state index in [2.05, 4.69) is 17.4 Å². The lowest BCUT2D eigenvalue weighted by Crippen LogP contribution is -2.42. The Morgan fingerprint density at radius 2 is 1.74 bits per heavy atom. The van der Waals surface area contributed by atoms with Gasteiger partial charge in [-0.1, -0.05) is 42.5 Å². The molecule has 0 amide bonds. The summed E-state index contributed by atoms with van der Waals surface area (Å²) in [5.41, 5.74) is 10.5. The van der Waals surface area contributed by atoms with Crippen LogP contribution in [0.1, 0.15) is 22.7 Å². The number of hydrogen-bond acceptors (Lipinski definition) is 3. The fraction of sp³-hybridized carbons (Fsp3) is 0.250. The lowest BCUT2D eigenvalue weighted by molar-refractivity contribution is 0.229. The second-order valence-corrected chi connectivity index (χ2v) is 5.01. The van der Waals surface area contributed by atoms with Gasteiger partial charge in [0, 0.05) is 11.7 Å². The minimum absolute atomic E-state index is 0.0586. The van der Waals surface area contributed by atoms with Crippen LogP contribution in [0.4, 0.5) is 5.69 Å². The molecular formula is C16H18N2O. The van der Waals surface area contributed by atoms with Gasteiger partial charge in [0.05, 0.1) is 12.6 Å². The number of hydrogen-bond donors (Lipinski definition) is 3. The largest absolute Gasteiger partial charge is 0.398 e. The first kappa shape index (κ1) is 12.2. The highest BCUT2D eigenvalue weighted by atomic mass is 16.3. The van der Waals surface area contributed by atoms with Crippen molar-refractivity contribution in [2.24, 2.45) is 0 Å². The molecule has 0 unspecified atom stereocenters. The summed E-state index contributed by atoms with van der Waals surface area (Å²) in [5.74, 6) is 0. The van der Waals surface area contributed by atoms with Gasteiger partial charge in [-0.2, -0.15) is 0 Å². The Morgan fingerprint density at radius 1 is 1.05 bits per heavy atom. The molecule has 1 aliphatic heterocycles. The van der Waals surface area contributed by atoms with Gasteiger partial charge in [0.2, 0.25) is 0 Å². The molecule has 3 nitrogen and oxygen atoms in total. The number of para-hydroxylation sites is 1. The molecule has 0 fully saturated rings. The molecule has 0 aromatic heterocycles. The molecule has 2 aromatic rings. The van der Waals surface area contributed by atoms with E-state index < -0.39 is 0 Å². The molecule has 19 heavy (non-hydrogen) atoms. The van der Waals surface area contributed by atoms with E-state index in [-0.39, 0.29) is 18.7 Å². The second kappa shape index (κ2) is 5.03. The quantitative estimate of drug-likeness (QED) is 0.717. The summed E-state index contributed by atoms with van der Waals surface area (Å²) in [6, 6.07) is 16.4. The molecule has 0 bridgehead atoms. The molecular weight excluding hydrogens is 236 g/mol. The highest BCUT2D eigenvalue weighted by molar-refractivity contribution is 5.53. The SMILES string of the molecule is Nc1ccccc1[C@H]1N[C@H](CO)Cc2ccccc21. The molecule has 4 N–H and O–H groups in total. The molecule has 0 aliphatic carbocycles. The Morgan fingerprint density at radius 3 is 2.47 bits per heavy atom. The zero-order valence-electron chi connectivity index (χ0n) is 10.7. The predicted molar refractivity (Wildman–Crippen MR) is 76.9 cm³/mol. The second-order valence-electron chi connectivity index (χ2n) is 5.01. The summed E-state index contributed by atoms with van der Waals surface area (Å²) >= 11 is 0. The van der Waals surface area contributed by atoms with Crippen LogP contribution in [0.25, 0.3) is 0 Å². The summed E-state index contributed by atoms with van der Waals surface area (Å²) in [7, 11) is 0. The lowest BCUT2D eigenvalue weighted by Gasteiger charge is -2.33. The molecule has 98 valence electrons. The number of nitrogens with two attached hydrogens (primary N) is 1. The molecule has 0 radical (unpaired) electrons. The predicted octanol–water partition coefficient (Wildman–Crippen LogP) is 1.86. The fourth-order valence-corrected chi connectivity index (χ4v) is 2.80. The minimum Gasteiger partial charge on any atom is -0.398 e. The number of nitrogens with one attached hydrogen (secondary N) is 1. The topological polar surface area (TPSA) is 58.3 Å². The zero-order valence-corrected chi connectivity index (χ0v) is 10.7. The van der Waals surface area contributed by atoms with E-state index in [4.69, 9.17) is 5.73 Å². The number of aliphatic hydroxyl groups excluding tert-OH is 1. The maximum atomic E-state index is 9.46. The van der Waals surface area contributed by atoms with E-state index in [9.17, 15) is 5.11 Å². The van der Waals surface area contributed by atoms with E-state index in [0.29, 0.717) is 0 Å². The maximum absolute atomic E-state index is 9.46. The average Bonchev–Trinajstić information content (AvgIpc) is 2.46. The number of anilines is 1. The van der Waals surface area contributed by atoms with Crippen LogP contribution in [-0.4, -0.2) is 17.8 Å². The van der Waals surface area contributed by atoms with E-state index in [1.807, 2.05) is 36.4 Å². The van der Waals surface area contributed by atoms with E-state index >= 15 is 0 Å². The number of rotatable bonds is 2. The molecule has 3 heteroatoms. The number of nitrogen functional groups attached to an aromatic ring is 1. The van der Waals surface area contributed by atoms with Crippen molar-refractivity contribution in [3.05, 3.63) is 65.2 Å². The summed E-state index contributed by atoms with van der Waals surface area (Å²) in [6.45, 7) is 0.136. The summed E-state index contributed by atoms with van der Waals surface area (Å²) in [6.07, 6.45) is 0.857. The van der Waals surface area contributed by atoms with Crippen LogP contribution in [0.3, 0.4) is 0 Å². The molecule has 3 rings (SSSR count). The highest BCUT2D eigenvalue weighted by Crippen LogP contribution is 2.32. The monoisotopic (exact) mass is 254 g/mol. The van der Waals surface area contributed by atoms with Gasteiger partial charge in [-0.05, 0) is 29.2 Å². The van der Waals surface area contributed by atoms with Crippen molar-refractivity contribution < 1.29 is 5.11 Å². The summed E-state index contributed by atoms with van der Waals surface area (Å²) < 4.78 is 0. The van der Waals surface area contributed by atoms with Gasteiger partial charge in [-0.3, -0.25) is 0 Å². The van der Waals surface area contributed by atoms with Crippen molar-refractivity contribution in [3.8, 4) is 0 Å². The van der Waals surface area contributed by atoms with Gasteiger partial charge in [0.1, 0.15) is 0 Å². The molecule has 1 aliphatic rings. The molecule has 2 aromatic carbocycles. The van der Waals surface area contributed by atoms with Gasteiger partial charge < -0.3 is 16.2 Å². The standard InChI is InChI=1S/C16H18N2O/c17-15-8-4-3-7-14(15)16-13-6-2-1-5-11(13)9-12(10-19)18-16/h1-8,12,16,18-19H,9-10,17H2/t12-,16-/m0/s1. The molecule has 0 saturated heterocycles. The Bertz CT molecular complexity index is 582. The van der Waals surface area contributed by atoms with Crippen molar-refractivity contribution in [2.75, 3.05) is 12.3 Å². The van der Waals surface area contributed by atoms with Crippen molar-refractivity contribution in [3.63, 3.8) is 0 Å². The van der Waals surface area contributed by atoms with Crippen LogP contribution < -0.4 is 11.1 Å². The van der Waals surface area contributed by atoms with Crippen LogP contribution in [0.15, 0.2) is 48.5 Å². The van der Waals surface area contributed by atoms with Crippen LogP contribution >= 0.6 is 0 Å². The van der Waals surface area contributed by atoms with Gasteiger partial charge in [0.15, 0.2) is 0 Å². The molecule has 2 atom stereocenters. The van der Waals surface area contributed by atoms with E-state index in [0.717, 1.165) is 17.7 Å². The molecule has 0 spiro atoms. The third-order valence-corrected chi connectivity index (χ3v) is 3.76. The Kier molecular flexibility index (Phi) is 3.23. The number of fused-ring (bicyclic) bond motifs is 1. The van der Waals surface area contributed by atoms with Gasteiger partial charge in [-0.25, -0.2) is 0 Å². The van der Waals surface area contributed by atoms with Crippen LogP contribution in [0, 0.1) is 0 Å². The lowest BCUT2D eigenvalue weighted by atomic mass is 9.86. The van der Waals surface area contributed by atoms with E-state index in [1.165, 1.54) is 11.1 Å². The van der Waals surface area contributed by atoms with Crippen molar-refractivity contribution in [1.82, 2.24) is 5.32 Å². The van der Waals surface area contributed by atoms with Crippen molar-refractivity contribution >= 4 is 5.69 Å². The Hall–Kier alpha value is -1.84.